The standard InChI is InChI=1S/C17H23N3OS/c1-13-10-18-20(11-13)16-5-3-15(4-6-16)19-17(21)7-2-14-8-9-22-12-14/h8-12,15-16H,2-7H2,1H3,(H,19,21). The number of nitrogens with zero attached hydrogens (tertiary/aromatic N) is 2. The van der Waals surface area contributed by atoms with Crippen LogP contribution in [0, 0.1) is 6.92 Å². The third-order valence-corrected chi connectivity index (χ3v) is 5.12. The summed E-state index contributed by atoms with van der Waals surface area (Å²) in [5.41, 5.74) is 2.47. The number of carbonyl (C=O) groups is 1. The molecule has 0 atom stereocenters. The van der Waals surface area contributed by atoms with Crippen LogP contribution in [0.15, 0.2) is 29.2 Å². The van der Waals surface area contributed by atoms with E-state index in [0.717, 1.165) is 32.1 Å². The second-order valence-corrected chi connectivity index (χ2v) is 6.98. The number of nitrogens with one attached hydrogen (secondary N) is 1. The van der Waals surface area contributed by atoms with Gasteiger partial charge in [0.25, 0.3) is 0 Å². The lowest BCUT2D eigenvalue weighted by Gasteiger charge is -2.29. The van der Waals surface area contributed by atoms with Crippen LogP contribution < -0.4 is 5.32 Å². The van der Waals surface area contributed by atoms with E-state index in [1.54, 1.807) is 11.3 Å². The zero-order chi connectivity index (χ0) is 15.4. The number of hydrogen-bond donors (Lipinski definition) is 1. The van der Waals surface area contributed by atoms with Gasteiger partial charge in [-0.15, -0.1) is 0 Å². The van der Waals surface area contributed by atoms with Gasteiger partial charge in [0.05, 0.1) is 12.2 Å². The number of amides is 1. The van der Waals surface area contributed by atoms with Crippen molar-refractivity contribution in [2.75, 3.05) is 0 Å². The highest BCUT2D eigenvalue weighted by Crippen LogP contribution is 2.28. The number of thiophene rings is 1. The lowest BCUT2D eigenvalue weighted by molar-refractivity contribution is -0.122. The van der Waals surface area contributed by atoms with Crippen LogP contribution >= 0.6 is 11.3 Å². The summed E-state index contributed by atoms with van der Waals surface area (Å²) in [6, 6.07) is 2.92. The molecule has 3 rings (SSSR count). The fourth-order valence-electron chi connectivity index (χ4n) is 3.11. The first-order valence-corrected chi connectivity index (χ1v) is 8.96. The van der Waals surface area contributed by atoms with Gasteiger partial charge in [-0.2, -0.15) is 16.4 Å². The van der Waals surface area contributed by atoms with Crippen molar-refractivity contribution in [2.24, 2.45) is 0 Å². The zero-order valence-electron chi connectivity index (χ0n) is 13.0. The molecule has 1 N–H and O–H groups in total. The number of aromatic nitrogens is 2. The Balaban J connectivity index is 1.40. The minimum atomic E-state index is 0.185. The number of hydrogen-bond acceptors (Lipinski definition) is 3. The monoisotopic (exact) mass is 317 g/mol. The van der Waals surface area contributed by atoms with E-state index in [0.29, 0.717) is 18.5 Å². The normalized spacial score (nSPS) is 21.7. The highest BCUT2D eigenvalue weighted by atomic mass is 32.1. The van der Waals surface area contributed by atoms with Crippen molar-refractivity contribution in [1.29, 1.82) is 0 Å². The molecule has 2 aromatic heterocycles. The van der Waals surface area contributed by atoms with E-state index in [4.69, 9.17) is 0 Å². The molecule has 1 saturated carbocycles. The first-order valence-electron chi connectivity index (χ1n) is 8.02. The quantitative estimate of drug-likeness (QED) is 0.917. The molecule has 0 bridgehead atoms. The highest BCUT2D eigenvalue weighted by molar-refractivity contribution is 7.07. The maximum atomic E-state index is 12.0. The van der Waals surface area contributed by atoms with Gasteiger partial charge in [0.15, 0.2) is 0 Å². The van der Waals surface area contributed by atoms with E-state index in [2.05, 4.69) is 45.0 Å². The first kappa shape index (κ1) is 15.3. The molecule has 22 heavy (non-hydrogen) atoms. The Labute approximate surface area is 135 Å². The second-order valence-electron chi connectivity index (χ2n) is 6.20. The molecule has 1 fully saturated rings. The van der Waals surface area contributed by atoms with Crippen molar-refractivity contribution in [3.05, 3.63) is 40.3 Å². The SMILES string of the molecule is Cc1cnn(C2CCC(NC(=O)CCc3ccsc3)CC2)c1. The summed E-state index contributed by atoms with van der Waals surface area (Å²) < 4.78 is 2.09. The lowest BCUT2D eigenvalue weighted by Crippen LogP contribution is -2.38. The van der Waals surface area contributed by atoms with Crippen molar-refractivity contribution in [2.45, 2.75) is 57.5 Å². The molecule has 2 heterocycles. The molecule has 1 amide bonds. The molecule has 0 aromatic carbocycles. The van der Waals surface area contributed by atoms with Crippen LogP contribution in [0.3, 0.4) is 0 Å². The van der Waals surface area contributed by atoms with Gasteiger partial charge in [0, 0.05) is 18.7 Å². The maximum absolute atomic E-state index is 12.0. The topological polar surface area (TPSA) is 46.9 Å². The second kappa shape index (κ2) is 7.09. The Bertz CT molecular complexity index is 597. The predicted octanol–water partition coefficient (Wildman–Crippen LogP) is 3.49. The molecule has 2 aromatic rings. The van der Waals surface area contributed by atoms with Gasteiger partial charge in [-0.05, 0) is 67.0 Å². The zero-order valence-corrected chi connectivity index (χ0v) is 13.8. The third-order valence-electron chi connectivity index (χ3n) is 4.39. The lowest BCUT2D eigenvalue weighted by atomic mass is 9.91. The van der Waals surface area contributed by atoms with Crippen molar-refractivity contribution in [3.63, 3.8) is 0 Å². The van der Waals surface area contributed by atoms with Crippen molar-refractivity contribution in [3.8, 4) is 0 Å². The molecular formula is C17H23N3OS. The largest absolute Gasteiger partial charge is 0.353 e. The molecule has 5 heteroatoms. The van der Waals surface area contributed by atoms with Gasteiger partial charge >= 0.3 is 0 Å². The van der Waals surface area contributed by atoms with Gasteiger partial charge in [-0.1, -0.05) is 0 Å². The Morgan fingerprint density at radius 3 is 2.86 bits per heavy atom. The Morgan fingerprint density at radius 1 is 1.41 bits per heavy atom. The Kier molecular flexibility index (Phi) is 4.93. The van der Waals surface area contributed by atoms with Crippen LogP contribution in [0.5, 0.6) is 0 Å². The van der Waals surface area contributed by atoms with Crippen LogP contribution in [-0.2, 0) is 11.2 Å². The fraction of sp³-hybridized carbons (Fsp3) is 0.529. The molecule has 1 aliphatic carbocycles. The average Bonchev–Trinajstić information content (AvgIpc) is 3.17. The minimum absolute atomic E-state index is 0.185. The minimum Gasteiger partial charge on any atom is -0.353 e. The Hall–Kier alpha value is -1.62. The van der Waals surface area contributed by atoms with Crippen molar-refractivity contribution in [1.82, 2.24) is 15.1 Å². The van der Waals surface area contributed by atoms with E-state index in [-0.39, 0.29) is 5.91 Å². The molecular weight excluding hydrogens is 294 g/mol. The van der Waals surface area contributed by atoms with Crippen LogP contribution in [0.1, 0.15) is 49.3 Å². The molecule has 4 nitrogen and oxygen atoms in total. The number of aryl methyl sites for hydroxylation is 2. The molecule has 0 unspecified atom stereocenters. The predicted molar refractivity (Wildman–Crippen MR) is 89.0 cm³/mol. The van der Waals surface area contributed by atoms with E-state index in [1.165, 1.54) is 11.1 Å². The third kappa shape index (κ3) is 3.97. The van der Waals surface area contributed by atoms with E-state index in [1.807, 2.05) is 6.20 Å². The maximum Gasteiger partial charge on any atom is 0.220 e. The number of carbonyl (C=O) groups excluding carboxylic acids is 1. The van der Waals surface area contributed by atoms with Crippen LogP contribution in [0.2, 0.25) is 0 Å². The summed E-state index contributed by atoms with van der Waals surface area (Å²) in [5, 5.41) is 11.8. The fourth-order valence-corrected chi connectivity index (χ4v) is 3.81. The molecule has 118 valence electrons. The van der Waals surface area contributed by atoms with Gasteiger partial charge < -0.3 is 5.32 Å². The highest BCUT2D eigenvalue weighted by Gasteiger charge is 2.23. The van der Waals surface area contributed by atoms with Crippen molar-refractivity contribution >= 4 is 17.2 Å². The van der Waals surface area contributed by atoms with Crippen molar-refractivity contribution < 1.29 is 4.79 Å². The smallest absolute Gasteiger partial charge is 0.220 e. The average molecular weight is 317 g/mol. The molecule has 0 spiro atoms. The number of rotatable bonds is 5. The molecule has 1 aliphatic rings. The van der Waals surface area contributed by atoms with Gasteiger partial charge in [-0.3, -0.25) is 9.48 Å². The van der Waals surface area contributed by atoms with E-state index >= 15 is 0 Å². The van der Waals surface area contributed by atoms with E-state index < -0.39 is 0 Å². The summed E-state index contributed by atoms with van der Waals surface area (Å²) in [6.45, 7) is 2.07. The summed E-state index contributed by atoms with van der Waals surface area (Å²) in [7, 11) is 0. The molecule has 0 aliphatic heterocycles. The molecule has 0 saturated heterocycles. The summed E-state index contributed by atoms with van der Waals surface area (Å²) in [5.74, 6) is 0.185. The van der Waals surface area contributed by atoms with E-state index in [9.17, 15) is 4.79 Å². The summed E-state index contributed by atoms with van der Waals surface area (Å²) in [6.07, 6.45) is 9.75. The first-order chi connectivity index (χ1) is 10.7. The molecule has 0 radical (unpaired) electrons. The summed E-state index contributed by atoms with van der Waals surface area (Å²) >= 11 is 1.69. The van der Waals surface area contributed by atoms with Gasteiger partial charge in [0.2, 0.25) is 5.91 Å². The van der Waals surface area contributed by atoms with Gasteiger partial charge in [0.1, 0.15) is 0 Å². The van der Waals surface area contributed by atoms with Crippen LogP contribution in [0.25, 0.3) is 0 Å². The Morgan fingerprint density at radius 2 is 2.23 bits per heavy atom. The van der Waals surface area contributed by atoms with Crippen LogP contribution in [0.4, 0.5) is 0 Å². The van der Waals surface area contributed by atoms with Gasteiger partial charge in [-0.25, -0.2) is 0 Å². The van der Waals surface area contributed by atoms with Crippen LogP contribution in [-0.4, -0.2) is 21.7 Å². The summed E-state index contributed by atoms with van der Waals surface area (Å²) in [4.78, 5) is 12.0.